The number of Topliss-reactive ketones (excluding diaryl/α,β-unsaturated/α-hetero) is 1. The van der Waals surface area contributed by atoms with E-state index in [-0.39, 0.29) is 5.78 Å². The zero-order valence-electron chi connectivity index (χ0n) is 7.73. The maximum atomic E-state index is 11.1. The van der Waals surface area contributed by atoms with Crippen LogP contribution in [0.1, 0.15) is 28.9 Å². The Kier molecular flexibility index (Phi) is 2.99. The first kappa shape index (κ1) is 10.4. The lowest BCUT2D eigenvalue weighted by atomic mass is 9.99. The quantitative estimate of drug-likeness (QED) is 0.701. The Morgan fingerprint density at radius 2 is 1.93 bits per heavy atom. The summed E-state index contributed by atoms with van der Waals surface area (Å²) in [7, 11) is 0. The van der Waals surface area contributed by atoms with E-state index in [1.807, 2.05) is 0 Å². The first-order valence-corrected chi connectivity index (χ1v) is 4.12. The van der Waals surface area contributed by atoms with Crippen LogP contribution in [0.2, 0.25) is 0 Å². The minimum Gasteiger partial charge on any atom is -0.480 e. The van der Waals surface area contributed by atoms with Gasteiger partial charge in [0.2, 0.25) is 0 Å². The Labute approximate surface area is 81.3 Å². The van der Waals surface area contributed by atoms with Gasteiger partial charge in [-0.3, -0.25) is 9.59 Å². The van der Waals surface area contributed by atoms with Crippen LogP contribution in [0.5, 0.6) is 0 Å². The molecule has 1 rings (SSSR count). The van der Waals surface area contributed by atoms with Crippen molar-refractivity contribution in [3.8, 4) is 0 Å². The third-order valence-corrected chi connectivity index (χ3v) is 1.94. The van der Waals surface area contributed by atoms with Crippen molar-refractivity contribution in [1.82, 2.24) is 0 Å². The molecule has 0 aliphatic carbocycles. The van der Waals surface area contributed by atoms with Gasteiger partial charge in [-0.1, -0.05) is 24.3 Å². The van der Waals surface area contributed by atoms with Crippen molar-refractivity contribution in [3.05, 3.63) is 35.4 Å². The molecule has 4 heteroatoms. The number of carboxylic acid groups (broad SMARTS) is 1. The lowest BCUT2D eigenvalue weighted by molar-refractivity contribution is -0.138. The van der Waals surface area contributed by atoms with Crippen molar-refractivity contribution in [2.24, 2.45) is 5.73 Å². The average molecular weight is 193 g/mol. The van der Waals surface area contributed by atoms with E-state index in [1.54, 1.807) is 24.3 Å². The summed E-state index contributed by atoms with van der Waals surface area (Å²) in [5.41, 5.74) is 6.14. The molecule has 1 aromatic rings. The Balaban J connectivity index is 3.19. The van der Waals surface area contributed by atoms with E-state index < -0.39 is 12.0 Å². The van der Waals surface area contributed by atoms with Crippen LogP contribution < -0.4 is 5.73 Å². The normalized spacial score (nSPS) is 12.1. The van der Waals surface area contributed by atoms with E-state index >= 15 is 0 Å². The Hall–Kier alpha value is -1.68. The summed E-state index contributed by atoms with van der Waals surface area (Å²) in [6.45, 7) is 1.38. The number of aliphatic carboxylic acids is 1. The number of carboxylic acids is 1. The molecular weight excluding hydrogens is 182 g/mol. The monoisotopic (exact) mass is 193 g/mol. The predicted molar refractivity (Wildman–Crippen MR) is 51.0 cm³/mol. The van der Waals surface area contributed by atoms with E-state index in [9.17, 15) is 9.59 Å². The van der Waals surface area contributed by atoms with Crippen LogP contribution in [-0.2, 0) is 4.79 Å². The fourth-order valence-corrected chi connectivity index (χ4v) is 1.22. The van der Waals surface area contributed by atoms with Gasteiger partial charge in [0.15, 0.2) is 5.78 Å². The summed E-state index contributed by atoms with van der Waals surface area (Å²) in [6.07, 6.45) is 0. The fourth-order valence-electron chi connectivity index (χ4n) is 1.22. The number of hydrogen-bond acceptors (Lipinski definition) is 3. The molecule has 0 aromatic heterocycles. The maximum absolute atomic E-state index is 11.1. The molecule has 0 fully saturated rings. The molecule has 0 unspecified atom stereocenters. The molecule has 74 valence electrons. The summed E-state index contributed by atoms with van der Waals surface area (Å²) >= 11 is 0. The molecule has 0 saturated heterocycles. The molecule has 1 atom stereocenters. The predicted octanol–water partition coefficient (Wildman–Crippen LogP) is 0.974. The third-order valence-electron chi connectivity index (χ3n) is 1.94. The highest BCUT2D eigenvalue weighted by molar-refractivity contribution is 5.97. The van der Waals surface area contributed by atoms with E-state index in [0.717, 1.165) is 0 Å². The lowest BCUT2D eigenvalue weighted by Crippen LogP contribution is -2.22. The van der Waals surface area contributed by atoms with Crippen molar-refractivity contribution >= 4 is 11.8 Å². The van der Waals surface area contributed by atoms with Crippen LogP contribution in [0.4, 0.5) is 0 Å². The smallest absolute Gasteiger partial charge is 0.325 e. The first-order valence-electron chi connectivity index (χ1n) is 4.12. The summed E-state index contributed by atoms with van der Waals surface area (Å²) in [4.78, 5) is 21.8. The van der Waals surface area contributed by atoms with Crippen molar-refractivity contribution in [2.45, 2.75) is 13.0 Å². The second-order valence-electron chi connectivity index (χ2n) is 2.96. The Morgan fingerprint density at radius 1 is 1.36 bits per heavy atom. The highest BCUT2D eigenvalue weighted by Gasteiger charge is 2.18. The molecule has 0 aliphatic rings. The topological polar surface area (TPSA) is 80.4 Å². The van der Waals surface area contributed by atoms with Gasteiger partial charge in [-0.15, -0.1) is 0 Å². The van der Waals surface area contributed by atoms with E-state index in [0.29, 0.717) is 11.1 Å². The van der Waals surface area contributed by atoms with E-state index in [4.69, 9.17) is 10.8 Å². The van der Waals surface area contributed by atoms with Crippen LogP contribution in [0.15, 0.2) is 24.3 Å². The van der Waals surface area contributed by atoms with Gasteiger partial charge in [0, 0.05) is 5.56 Å². The number of carbonyl (C=O) groups is 2. The number of carbonyl (C=O) groups excluding carboxylic acids is 1. The SMILES string of the molecule is CC(=O)c1ccccc1[C@H](N)C(=O)O. The van der Waals surface area contributed by atoms with Crippen molar-refractivity contribution < 1.29 is 14.7 Å². The molecule has 4 nitrogen and oxygen atoms in total. The lowest BCUT2D eigenvalue weighted by Gasteiger charge is -2.10. The molecule has 0 radical (unpaired) electrons. The van der Waals surface area contributed by atoms with E-state index in [1.165, 1.54) is 6.92 Å². The molecule has 14 heavy (non-hydrogen) atoms. The minimum absolute atomic E-state index is 0.183. The molecular formula is C10H11NO3. The summed E-state index contributed by atoms with van der Waals surface area (Å²) < 4.78 is 0. The average Bonchev–Trinajstić information content (AvgIpc) is 2.16. The molecule has 0 bridgehead atoms. The van der Waals surface area contributed by atoms with Crippen LogP contribution in [-0.4, -0.2) is 16.9 Å². The number of nitrogens with two attached hydrogens (primary N) is 1. The number of rotatable bonds is 3. The standard InChI is InChI=1S/C10H11NO3/c1-6(12)7-4-2-3-5-8(7)9(11)10(13)14/h2-5,9H,11H2,1H3,(H,13,14)/t9-/m0/s1. The summed E-state index contributed by atoms with van der Waals surface area (Å²) in [6, 6.07) is 5.31. The highest BCUT2D eigenvalue weighted by atomic mass is 16.4. The van der Waals surface area contributed by atoms with Gasteiger partial charge in [0.25, 0.3) is 0 Å². The minimum atomic E-state index is -1.14. The molecule has 0 saturated carbocycles. The highest BCUT2D eigenvalue weighted by Crippen LogP contribution is 2.16. The van der Waals surface area contributed by atoms with Gasteiger partial charge in [0.1, 0.15) is 6.04 Å². The van der Waals surface area contributed by atoms with Gasteiger partial charge in [0.05, 0.1) is 0 Å². The zero-order valence-corrected chi connectivity index (χ0v) is 7.73. The summed E-state index contributed by atoms with van der Waals surface area (Å²) in [5.74, 6) is -1.32. The fraction of sp³-hybridized carbons (Fsp3) is 0.200. The van der Waals surface area contributed by atoms with Crippen molar-refractivity contribution in [1.29, 1.82) is 0 Å². The van der Waals surface area contributed by atoms with Crippen molar-refractivity contribution in [3.63, 3.8) is 0 Å². The molecule has 1 aromatic carbocycles. The molecule has 0 spiro atoms. The molecule has 0 aliphatic heterocycles. The van der Waals surface area contributed by atoms with Gasteiger partial charge < -0.3 is 10.8 Å². The maximum Gasteiger partial charge on any atom is 0.325 e. The Bertz CT molecular complexity index is 373. The van der Waals surface area contributed by atoms with Crippen LogP contribution in [0.3, 0.4) is 0 Å². The second kappa shape index (κ2) is 4.02. The van der Waals surface area contributed by atoms with E-state index in [2.05, 4.69) is 0 Å². The van der Waals surface area contributed by atoms with Gasteiger partial charge in [-0.05, 0) is 12.5 Å². The van der Waals surface area contributed by atoms with Crippen LogP contribution in [0, 0.1) is 0 Å². The molecule has 3 N–H and O–H groups in total. The largest absolute Gasteiger partial charge is 0.480 e. The van der Waals surface area contributed by atoms with Gasteiger partial charge in [-0.2, -0.15) is 0 Å². The van der Waals surface area contributed by atoms with Crippen LogP contribution in [0.25, 0.3) is 0 Å². The van der Waals surface area contributed by atoms with Crippen molar-refractivity contribution in [2.75, 3.05) is 0 Å². The first-order chi connectivity index (χ1) is 6.54. The number of ketones is 1. The Morgan fingerprint density at radius 3 is 2.43 bits per heavy atom. The molecule has 0 amide bonds. The van der Waals surface area contributed by atoms with Gasteiger partial charge >= 0.3 is 5.97 Å². The number of benzene rings is 1. The third kappa shape index (κ3) is 1.97. The number of hydrogen-bond donors (Lipinski definition) is 2. The molecule has 0 heterocycles. The summed E-state index contributed by atoms with van der Waals surface area (Å²) in [5, 5.41) is 8.71. The zero-order chi connectivity index (χ0) is 10.7. The van der Waals surface area contributed by atoms with Gasteiger partial charge in [-0.25, -0.2) is 0 Å². The second-order valence-corrected chi connectivity index (χ2v) is 2.96. The van der Waals surface area contributed by atoms with Crippen LogP contribution >= 0.6 is 0 Å².